The van der Waals surface area contributed by atoms with Crippen LogP contribution >= 0.6 is 23.2 Å². The molecule has 0 heterocycles. The van der Waals surface area contributed by atoms with E-state index in [9.17, 15) is 0 Å². The second kappa shape index (κ2) is 4.85. The lowest BCUT2D eigenvalue weighted by Crippen LogP contribution is -2.02. The standard InChI is InChI=1S/C10H12Cl2O/c1-7(13)5-6-8-9(11)3-2-4-10(8)12/h2-4,7,13H,5-6H2,1H3. The van der Waals surface area contributed by atoms with Gasteiger partial charge in [-0.15, -0.1) is 0 Å². The monoisotopic (exact) mass is 218 g/mol. The Morgan fingerprint density at radius 3 is 2.31 bits per heavy atom. The van der Waals surface area contributed by atoms with Crippen molar-refractivity contribution in [3.8, 4) is 0 Å². The summed E-state index contributed by atoms with van der Waals surface area (Å²) in [7, 11) is 0. The van der Waals surface area contributed by atoms with Crippen LogP contribution in [-0.2, 0) is 6.42 Å². The van der Waals surface area contributed by atoms with Gasteiger partial charge in [-0.25, -0.2) is 0 Å². The molecule has 1 aromatic carbocycles. The summed E-state index contributed by atoms with van der Waals surface area (Å²) in [6, 6.07) is 5.44. The van der Waals surface area contributed by atoms with Gasteiger partial charge in [-0.1, -0.05) is 29.3 Å². The van der Waals surface area contributed by atoms with Crippen LogP contribution in [0.15, 0.2) is 18.2 Å². The van der Waals surface area contributed by atoms with E-state index >= 15 is 0 Å². The molecular formula is C10H12Cl2O. The lowest BCUT2D eigenvalue weighted by molar-refractivity contribution is 0.185. The van der Waals surface area contributed by atoms with Crippen LogP contribution in [0, 0.1) is 0 Å². The Morgan fingerprint density at radius 2 is 1.85 bits per heavy atom. The van der Waals surface area contributed by atoms with Gasteiger partial charge in [-0.3, -0.25) is 0 Å². The molecule has 0 aliphatic heterocycles. The van der Waals surface area contributed by atoms with Crippen molar-refractivity contribution in [2.45, 2.75) is 25.9 Å². The molecule has 1 aromatic rings. The molecule has 13 heavy (non-hydrogen) atoms. The zero-order valence-corrected chi connectivity index (χ0v) is 8.94. The smallest absolute Gasteiger partial charge is 0.0515 e. The number of hydrogen-bond acceptors (Lipinski definition) is 1. The van der Waals surface area contributed by atoms with E-state index in [1.54, 1.807) is 6.92 Å². The SMILES string of the molecule is CC(O)CCc1c(Cl)cccc1Cl. The molecule has 0 bridgehead atoms. The van der Waals surface area contributed by atoms with E-state index < -0.39 is 0 Å². The predicted octanol–water partition coefficient (Wildman–Crippen LogP) is 3.31. The van der Waals surface area contributed by atoms with Crippen LogP contribution in [-0.4, -0.2) is 11.2 Å². The summed E-state index contributed by atoms with van der Waals surface area (Å²) >= 11 is 11.9. The summed E-state index contributed by atoms with van der Waals surface area (Å²) in [5.41, 5.74) is 0.923. The minimum Gasteiger partial charge on any atom is -0.393 e. The van der Waals surface area contributed by atoms with Crippen molar-refractivity contribution in [1.82, 2.24) is 0 Å². The fourth-order valence-electron chi connectivity index (χ4n) is 1.12. The van der Waals surface area contributed by atoms with Gasteiger partial charge in [0, 0.05) is 10.0 Å². The maximum Gasteiger partial charge on any atom is 0.0515 e. The molecule has 0 saturated carbocycles. The van der Waals surface area contributed by atoms with Gasteiger partial charge in [-0.2, -0.15) is 0 Å². The number of benzene rings is 1. The molecule has 1 nitrogen and oxygen atoms in total. The normalized spacial score (nSPS) is 12.9. The highest BCUT2D eigenvalue weighted by Gasteiger charge is 2.06. The molecular weight excluding hydrogens is 207 g/mol. The highest BCUT2D eigenvalue weighted by Crippen LogP contribution is 2.25. The minimum atomic E-state index is -0.313. The third kappa shape index (κ3) is 3.18. The summed E-state index contributed by atoms with van der Waals surface area (Å²) < 4.78 is 0. The first-order valence-electron chi connectivity index (χ1n) is 4.22. The lowest BCUT2D eigenvalue weighted by atomic mass is 10.1. The third-order valence-electron chi connectivity index (χ3n) is 1.87. The van der Waals surface area contributed by atoms with E-state index in [0.29, 0.717) is 16.5 Å². The van der Waals surface area contributed by atoms with E-state index in [4.69, 9.17) is 28.3 Å². The first kappa shape index (κ1) is 10.8. The number of aliphatic hydroxyl groups is 1. The Balaban J connectivity index is 2.75. The van der Waals surface area contributed by atoms with Crippen LogP contribution < -0.4 is 0 Å². The largest absolute Gasteiger partial charge is 0.393 e. The van der Waals surface area contributed by atoms with Crippen LogP contribution in [0.25, 0.3) is 0 Å². The van der Waals surface area contributed by atoms with Crippen LogP contribution in [0.4, 0.5) is 0 Å². The molecule has 72 valence electrons. The summed E-state index contributed by atoms with van der Waals surface area (Å²) in [4.78, 5) is 0. The first-order valence-corrected chi connectivity index (χ1v) is 4.98. The molecule has 1 N–H and O–H groups in total. The number of aliphatic hydroxyl groups excluding tert-OH is 1. The minimum absolute atomic E-state index is 0.313. The quantitative estimate of drug-likeness (QED) is 0.826. The fourth-order valence-corrected chi connectivity index (χ4v) is 1.71. The van der Waals surface area contributed by atoms with Crippen molar-refractivity contribution in [1.29, 1.82) is 0 Å². The van der Waals surface area contributed by atoms with Crippen molar-refractivity contribution in [2.75, 3.05) is 0 Å². The van der Waals surface area contributed by atoms with Crippen LogP contribution in [0.5, 0.6) is 0 Å². The highest BCUT2D eigenvalue weighted by molar-refractivity contribution is 6.35. The first-order chi connectivity index (χ1) is 6.11. The second-order valence-electron chi connectivity index (χ2n) is 3.09. The molecule has 1 atom stereocenters. The van der Waals surface area contributed by atoms with Gasteiger partial charge in [0.15, 0.2) is 0 Å². The molecule has 0 aliphatic rings. The van der Waals surface area contributed by atoms with Crippen molar-refractivity contribution in [3.05, 3.63) is 33.8 Å². The molecule has 3 heteroatoms. The van der Waals surface area contributed by atoms with Crippen LogP contribution in [0.2, 0.25) is 10.0 Å². The van der Waals surface area contributed by atoms with Crippen molar-refractivity contribution >= 4 is 23.2 Å². The average Bonchev–Trinajstić information content (AvgIpc) is 2.03. The van der Waals surface area contributed by atoms with Gasteiger partial charge in [0.2, 0.25) is 0 Å². The van der Waals surface area contributed by atoms with E-state index in [0.717, 1.165) is 12.0 Å². The van der Waals surface area contributed by atoms with Gasteiger partial charge in [-0.05, 0) is 37.5 Å². The number of halogens is 2. The van der Waals surface area contributed by atoms with Gasteiger partial charge in [0.1, 0.15) is 0 Å². The summed E-state index contributed by atoms with van der Waals surface area (Å²) in [5, 5.41) is 10.5. The zero-order valence-electron chi connectivity index (χ0n) is 7.43. The van der Waals surface area contributed by atoms with Crippen molar-refractivity contribution in [3.63, 3.8) is 0 Å². The molecule has 1 rings (SSSR count). The molecule has 1 unspecified atom stereocenters. The maximum atomic E-state index is 9.11. The Bertz CT molecular complexity index is 264. The molecule has 0 radical (unpaired) electrons. The summed E-state index contributed by atoms with van der Waals surface area (Å²) in [6.45, 7) is 1.75. The highest BCUT2D eigenvalue weighted by atomic mass is 35.5. The van der Waals surface area contributed by atoms with Crippen LogP contribution in [0.1, 0.15) is 18.9 Å². The molecule has 0 amide bonds. The molecule has 0 fully saturated rings. The third-order valence-corrected chi connectivity index (χ3v) is 2.58. The Kier molecular flexibility index (Phi) is 4.04. The van der Waals surface area contributed by atoms with Gasteiger partial charge >= 0.3 is 0 Å². The Hall–Kier alpha value is -0.240. The molecule has 0 saturated heterocycles. The van der Waals surface area contributed by atoms with Gasteiger partial charge in [0.05, 0.1) is 6.10 Å². The average molecular weight is 219 g/mol. The fraction of sp³-hybridized carbons (Fsp3) is 0.400. The summed E-state index contributed by atoms with van der Waals surface area (Å²) in [6.07, 6.45) is 1.09. The number of hydrogen-bond donors (Lipinski definition) is 1. The molecule has 0 spiro atoms. The van der Waals surface area contributed by atoms with Gasteiger partial charge in [0.25, 0.3) is 0 Å². The second-order valence-corrected chi connectivity index (χ2v) is 3.90. The molecule has 0 aromatic heterocycles. The Morgan fingerprint density at radius 1 is 1.31 bits per heavy atom. The lowest BCUT2D eigenvalue weighted by Gasteiger charge is -2.07. The van der Waals surface area contributed by atoms with Crippen LogP contribution in [0.3, 0.4) is 0 Å². The van der Waals surface area contributed by atoms with E-state index in [1.807, 2.05) is 18.2 Å². The maximum absolute atomic E-state index is 9.11. The van der Waals surface area contributed by atoms with Gasteiger partial charge < -0.3 is 5.11 Å². The van der Waals surface area contributed by atoms with Crippen molar-refractivity contribution < 1.29 is 5.11 Å². The van der Waals surface area contributed by atoms with E-state index in [-0.39, 0.29) is 6.10 Å². The zero-order chi connectivity index (χ0) is 9.84. The predicted molar refractivity (Wildman–Crippen MR) is 56.5 cm³/mol. The molecule has 0 aliphatic carbocycles. The topological polar surface area (TPSA) is 20.2 Å². The van der Waals surface area contributed by atoms with E-state index in [2.05, 4.69) is 0 Å². The summed E-state index contributed by atoms with van der Waals surface area (Å²) in [5.74, 6) is 0. The number of rotatable bonds is 3. The Labute approximate surface area is 88.3 Å². The van der Waals surface area contributed by atoms with Crippen molar-refractivity contribution in [2.24, 2.45) is 0 Å². The van der Waals surface area contributed by atoms with E-state index in [1.165, 1.54) is 0 Å².